The van der Waals surface area contributed by atoms with E-state index in [1.165, 1.54) is 18.2 Å². The van der Waals surface area contributed by atoms with Crippen LogP contribution in [0.5, 0.6) is 0 Å². The Morgan fingerprint density at radius 1 is 1.16 bits per heavy atom. The smallest absolute Gasteiger partial charge is 0.359 e. The minimum absolute atomic E-state index is 0.00578. The number of aromatic carboxylic acids is 1. The zero-order chi connectivity index (χ0) is 22.5. The maximum atomic E-state index is 13.1. The number of rotatable bonds is 7. The number of hydrazone groups is 1. The summed E-state index contributed by atoms with van der Waals surface area (Å²) in [6.45, 7) is 4.69. The van der Waals surface area contributed by atoms with Crippen molar-refractivity contribution in [2.24, 2.45) is 5.10 Å². The predicted molar refractivity (Wildman–Crippen MR) is 118 cm³/mol. The van der Waals surface area contributed by atoms with E-state index in [1.807, 2.05) is 38.2 Å². The summed E-state index contributed by atoms with van der Waals surface area (Å²) >= 11 is 0. The van der Waals surface area contributed by atoms with Crippen LogP contribution in [0, 0.1) is 0 Å². The monoisotopic (exact) mass is 421 g/mol. The van der Waals surface area contributed by atoms with Crippen LogP contribution in [0.15, 0.2) is 59.2 Å². The Hall–Kier alpha value is -3.94. The van der Waals surface area contributed by atoms with Crippen molar-refractivity contribution in [1.82, 2.24) is 0 Å². The molecule has 8 nitrogen and oxygen atoms in total. The first kappa shape index (κ1) is 21.8. The summed E-state index contributed by atoms with van der Waals surface area (Å²) in [6.07, 6.45) is 1.58. The number of nitrogens with zero attached hydrogens (tertiary/aromatic N) is 3. The summed E-state index contributed by atoms with van der Waals surface area (Å²) in [5.74, 6) is -2.39. The van der Waals surface area contributed by atoms with Crippen LogP contribution in [0.4, 0.5) is 11.4 Å². The van der Waals surface area contributed by atoms with Crippen molar-refractivity contribution < 1.29 is 24.2 Å². The van der Waals surface area contributed by atoms with E-state index in [2.05, 4.69) is 10.0 Å². The van der Waals surface area contributed by atoms with Crippen LogP contribution in [0.3, 0.4) is 0 Å². The lowest BCUT2D eigenvalue weighted by molar-refractivity contribution is -0.135. The van der Waals surface area contributed by atoms with Crippen LogP contribution in [-0.2, 0) is 14.3 Å². The average molecular weight is 421 g/mol. The van der Waals surface area contributed by atoms with Gasteiger partial charge in [0.25, 0.3) is 5.91 Å². The van der Waals surface area contributed by atoms with E-state index in [4.69, 9.17) is 4.74 Å². The summed E-state index contributed by atoms with van der Waals surface area (Å²) in [7, 11) is 1.97. The third-order valence-corrected chi connectivity index (χ3v) is 4.80. The van der Waals surface area contributed by atoms with Crippen molar-refractivity contribution in [3.05, 3.63) is 65.2 Å². The normalized spacial score (nSPS) is 14.5. The van der Waals surface area contributed by atoms with Crippen molar-refractivity contribution in [2.75, 3.05) is 30.1 Å². The van der Waals surface area contributed by atoms with Gasteiger partial charge in [-0.25, -0.2) is 9.59 Å². The minimum atomic E-state index is -1.13. The van der Waals surface area contributed by atoms with Gasteiger partial charge in [-0.15, -0.1) is 0 Å². The molecule has 0 saturated carbocycles. The van der Waals surface area contributed by atoms with Crippen LogP contribution >= 0.6 is 0 Å². The zero-order valence-corrected chi connectivity index (χ0v) is 17.5. The fraction of sp³-hybridized carbons (Fsp3) is 0.217. The van der Waals surface area contributed by atoms with E-state index >= 15 is 0 Å². The highest BCUT2D eigenvalue weighted by Gasteiger charge is 2.36. The lowest BCUT2D eigenvalue weighted by atomic mass is 10.1. The standard InChI is InChI=1S/C23H23N3O5/c1-4-25(3)17-11-9-15(10-12-17)13-19-20(23(30)31-5-2)24-26(21(19)27)18-8-6-7-16(14-18)22(28)29/h6-14H,4-5H2,1-3H3,(H,28,29). The van der Waals surface area contributed by atoms with Crippen molar-refractivity contribution in [1.29, 1.82) is 0 Å². The number of hydrogen-bond acceptors (Lipinski definition) is 6. The molecule has 0 fully saturated rings. The van der Waals surface area contributed by atoms with Crippen LogP contribution in [0.25, 0.3) is 6.08 Å². The maximum absolute atomic E-state index is 13.1. The molecule has 31 heavy (non-hydrogen) atoms. The molecule has 3 rings (SSSR count). The SMILES string of the molecule is CCOC(=O)C1=NN(c2cccc(C(=O)O)c2)C(=O)C1=Cc1ccc(N(C)CC)cc1. The van der Waals surface area contributed by atoms with Gasteiger partial charge in [-0.05, 0) is 55.8 Å². The molecule has 0 aliphatic carbocycles. The molecule has 2 aromatic rings. The lowest BCUT2D eigenvalue weighted by Gasteiger charge is -2.16. The Bertz CT molecular complexity index is 1070. The molecule has 160 valence electrons. The molecule has 0 spiro atoms. The van der Waals surface area contributed by atoms with Gasteiger partial charge in [0.15, 0.2) is 5.71 Å². The van der Waals surface area contributed by atoms with Crippen molar-refractivity contribution in [3.8, 4) is 0 Å². The quantitative estimate of drug-likeness (QED) is 0.544. The summed E-state index contributed by atoms with van der Waals surface area (Å²) in [6, 6.07) is 13.3. The Labute approximate surface area is 180 Å². The van der Waals surface area contributed by atoms with Crippen molar-refractivity contribution >= 4 is 41.0 Å². The van der Waals surface area contributed by atoms with Gasteiger partial charge in [-0.2, -0.15) is 10.1 Å². The number of carbonyl (C=O) groups excluding carboxylic acids is 2. The summed E-state index contributed by atoms with van der Waals surface area (Å²) in [5, 5.41) is 14.4. The third kappa shape index (κ3) is 4.63. The van der Waals surface area contributed by atoms with E-state index < -0.39 is 17.8 Å². The molecular formula is C23H23N3O5. The molecular weight excluding hydrogens is 398 g/mol. The number of amides is 1. The molecule has 0 radical (unpaired) electrons. The molecule has 0 bridgehead atoms. The average Bonchev–Trinajstić information content (AvgIpc) is 3.10. The maximum Gasteiger partial charge on any atom is 0.359 e. The van der Waals surface area contributed by atoms with Crippen LogP contribution < -0.4 is 9.91 Å². The summed E-state index contributed by atoms with van der Waals surface area (Å²) in [4.78, 5) is 38.9. The van der Waals surface area contributed by atoms with Gasteiger partial charge in [-0.3, -0.25) is 4.79 Å². The number of carboxylic acid groups (broad SMARTS) is 1. The summed E-state index contributed by atoms with van der Waals surface area (Å²) < 4.78 is 5.06. The molecule has 1 heterocycles. The molecule has 1 aliphatic rings. The zero-order valence-electron chi connectivity index (χ0n) is 17.5. The highest BCUT2D eigenvalue weighted by Crippen LogP contribution is 2.27. The lowest BCUT2D eigenvalue weighted by Crippen LogP contribution is -2.23. The highest BCUT2D eigenvalue weighted by molar-refractivity contribution is 6.54. The number of ether oxygens (including phenoxy) is 1. The summed E-state index contributed by atoms with van der Waals surface area (Å²) in [5.41, 5.74) is 1.95. The molecule has 8 heteroatoms. The van der Waals surface area contributed by atoms with Crippen molar-refractivity contribution in [2.45, 2.75) is 13.8 Å². The Balaban J connectivity index is 2.01. The van der Waals surface area contributed by atoms with Gasteiger partial charge in [0, 0.05) is 19.3 Å². The number of benzene rings is 2. The van der Waals surface area contributed by atoms with Gasteiger partial charge in [0.2, 0.25) is 0 Å². The number of hydrogen-bond donors (Lipinski definition) is 1. The first-order valence-electron chi connectivity index (χ1n) is 9.82. The van der Waals surface area contributed by atoms with E-state index in [0.29, 0.717) is 0 Å². The predicted octanol–water partition coefficient (Wildman–Crippen LogP) is 3.19. The van der Waals surface area contributed by atoms with E-state index in [1.54, 1.807) is 19.1 Å². The van der Waals surface area contributed by atoms with Gasteiger partial charge >= 0.3 is 11.9 Å². The van der Waals surface area contributed by atoms with Crippen molar-refractivity contribution in [3.63, 3.8) is 0 Å². The number of carbonyl (C=O) groups is 3. The Kier molecular flexibility index (Phi) is 6.49. The van der Waals surface area contributed by atoms with E-state index in [9.17, 15) is 19.5 Å². The van der Waals surface area contributed by atoms with Crippen LogP contribution in [0.1, 0.15) is 29.8 Å². The molecule has 1 N–H and O–H groups in total. The number of carboxylic acids is 1. The minimum Gasteiger partial charge on any atom is -0.478 e. The topological polar surface area (TPSA) is 99.5 Å². The molecule has 2 aromatic carbocycles. The number of esters is 1. The van der Waals surface area contributed by atoms with Crippen LogP contribution in [0.2, 0.25) is 0 Å². The molecule has 0 saturated heterocycles. The third-order valence-electron chi connectivity index (χ3n) is 4.80. The van der Waals surface area contributed by atoms with Crippen LogP contribution in [-0.4, -0.2) is 48.9 Å². The Morgan fingerprint density at radius 2 is 1.87 bits per heavy atom. The first-order valence-corrected chi connectivity index (χ1v) is 9.82. The second-order valence-electron chi connectivity index (χ2n) is 6.81. The fourth-order valence-electron chi connectivity index (χ4n) is 3.01. The fourth-order valence-corrected chi connectivity index (χ4v) is 3.01. The number of anilines is 2. The van der Waals surface area contributed by atoms with Gasteiger partial charge in [0.05, 0.1) is 23.4 Å². The molecule has 0 unspecified atom stereocenters. The van der Waals surface area contributed by atoms with Gasteiger partial charge in [0.1, 0.15) is 0 Å². The highest BCUT2D eigenvalue weighted by atomic mass is 16.5. The molecule has 0 atom stereocenters. The second-order valence-corrected chi connectivity index (χ2v) is 6.81. The Morgan fingerprint density at radius 3 is 2.48 bits per heavy atom. The molecule has 1 amide bonds. The molecule has 0 aromatic heterocycles. The van der Waals surface area contributed by atoms with Gasteiger partial charge in [-0.1, -0.05) is 18.2 Å². The van der Waals surface area contributed by atoms with Gasteiger partial charge < -0.3 is 14.7 Å². The van der Waals surface area contributed by atoms with E-state index in [-0.39, 0.29) is 29.1 Å². The largest absolute Gasteiger partial charge is 0.478 e. The second kappa shape index (κ2) is 9.25. The van der Waals surface area contributed by atoms with E-state index in [0.717, 1.165) is 22.8 Å². The molecule has 1 aliphatic heterocycles. The first-order chi connectivity index (χ1) is 14.8.